The number of alkyl halides is 7. The molecule has 2 aliphatic rings. The minimum absolute atomic E-state index is 0.00946. The number of hydrogen-bond donors (Lipinski definition) is 2. The van der Waals surface area contributed by atoms with Gasteiger partial charge in [-0.3, -0.25) is 4.90 Å². The summed E-state index contributed by atoms with van der Waals surface area (Å²) < 4.78 is 161. The van der Waals surface area contributed by atoms with E-state index in [0.29, 0.717) is 6.07 Å². The number of sulfonamides is 1. The van der Waals surface area contributed by atoms with Crippen LogP contribution in [0.5, 0.6) is 0 Å². The number of hydrogen-bond acceptors (Lipinski definition) is 6. The summed E-state index contributed by atoms with van der Waals surface area (Å²) in [5, 5.41) is 16.6. The van der Waals surface area contributed by atoms with E-state index in [9.17, 15) is 57.1 Å². The van der Waals surface area contributed by atoms with Gasteiger partial charge in [0.15, 0.2) is 9.84 Å². The maximum Gasteiger partial charge on any atom is 0.435 e. The zero-order chi connectivity index (χ0) is 33.4. The zero-order valence-electron chi connectivity index (χ0n) is 22.8. The molecule has 1 unspecified atom stereocenters. The quantitative estimate of drug-likeness (QED) is 0.274. The molecule has 1 heterocycles. The highest BCUT2D eigenvalue weighted by molar-refractivity contribution is 7.92. The summed E-state index contributed by atoms with van der Waals surface area (Å²) in [7, 11) is -8.85. The number of likely N-dealkylation sites (tertiary alicyclic amines) is 1. The molecule has 1 aliphatic carbocycles. The van der Waals surface area contributed by atoms with Crippen molar-refractivity contribution in [1.82, 2.24) is 4.90 Å². The van der Waals surface area contributed by atoms with Crippen LogP contribution in [0.3, 0.4) is 0 Å². The maximum atomic E-state index is 15.0. The second-order valence-corrected chi connectivity index (χ2v) is 14.7. The average molecular weight is 685 g/mol. The van der Waals surface area contributed by atoms with Gasteiger partial charge in [-0.15, -0.1) is 0 Å². The Hall–Kier alpha value is -3.12. The predicted molar refractivity (Wildman–Crippen MR) is 143 cm³/mol. The first-order valence-electron chi connectivity index (χ1n) is 13.2. The summed E-state index contributed by atoms with van der Waals surface area (Å²) in [6.45, 7) is -0.189. The van der Waals surface area contributed by atoms with E-state index in [1.54, 1.807) is 0 Å². The molecule has 1 fully saturated rings. The summed E-state index contributed by atoms with van der Waals surface area (Å²) in [6, 6.07) is 8.67. The molecule has 0 aromatic heterocycles. The van der Waals surface area contributed by atoms with E-state index in [1.807, 2.05) is 0 Å². The molecular weight excluding hydrogens is 660 g/mol. The molecule has 3 atom stereocenters. The largest absolute Gasteiger partial charge is 0.435 e. The number of sulfone groups is 1. The zero-order valence-corrected chi connectivity index (χ0v) is 24.4. The van der Waals surface area contributed by atoms with E-state index in [1.165, 1.54) is 23.1 Å². The maximum absolute atomic E-state index is 15.0. The normalized spacial score (nSPS) is 22.1. The van der Waals surface area contributed by atoms with Gasteiger partial charge in [0.05, 0.1) is 9.79 Å². The summed E-state index contributed by atoms with van der Waals surface area (Å²) in [6.07, 6.45) is -15.3. The smallest absolute Gasteiger partial charge is 0.374 e. The Balaban J connectivity index is 1.69. The molecule has 3 aromatic carbocycles. The van der Waals surface area contributed by atoms with Gasteiger partial charge in [-0.05, 0) is 72.4 Å². The summed E-state index contributed by atoms with van der Waals surface area (Å²) in [5.74, 6) is -0.784. The molecule has 0 bridgehead atoms. The van der Waals surface area contributed by atoms with Crippen LogP contribution in [0.2, 0.25) is 0 Å². The molecule has 0 saturated carbocycles. The van der Waals surface area contributed by atoms with Crippen LogP contribution in [0, 0.1) is 5.82 Å². The minimum Gasteiger partial charge on any atom is -0.374 e. The van der Waals surface area contributed by atoms with Gasteiger partial charge in [-0.2, -0.15) is 26.3 Å². The third-order valence-corrected chi connectivity index (χ3v) is 12.0. The van der Waals surface area contributed by atoms with Crippen LogP contribution in [0.4, 0.5) is 35.1 Å². The fraction of sp³-hybridized carbons (Fsp3) is 0.357. The molecule has 3 aromatic rings. The number of aryl methyl sites for hydroxylation is 1. The molecule has 0 amide bonds. The van der Waals surface area contributed by atoms with Crippen molar-refractivity contribution in [2.45, 2.75) is 64.1 Å². The van der Waals surface area contributed by atoms with Gasteiger partial charge in [0.2, 0.25) is 10.0 Å². The lowest BCUT2D eigenvalue weighted by Gasteiger charge is -2.44. The third kappa shape index (κ3) is 5.12. The van der Waals surface area contributed by atoms with Gasteiger partial charge >= 0.3 is 18.0 Å². The summed E-state index contributed by atoms with van der Waals surface area (Å²) >= 11 is 0. The molecule has 0 radical (unpaired) electrons. The highest BCUT2D eigenvalue weighted by Crippen LogP contribution is 2.57. The number of nitrogens with zero attached hydrogens (tertiary/aromatic N) is 1. The van der Waals surface area contributed by atoms with Crippen molar-refractivity contribution in [2.75, 3.05) is 6.54 Å². The van der Waals surface area contributed by atoms with Crippen LogP contribution in [0.1, 0.15) is 41.3 Å². The first-order chi connectivity index (χ1) is 20.7. The van der Waals surface area contributed by atoms with E-state index in [-0.39, 0.29) is 53.5 Å². The van der Waals surface area contributed by atoms with E-state index in [2.05, 4.69) is 0 Å². The number of halogens is 8. The van der Waals surface area contributed by atoms with E-state index in [4.69, 9.17) is 5.14 Å². The Bertz CT molecular complexity index is 1830. The minimum atomic E-state index is -6.39. The lowest BCUT2D eigenvalue weighted by atomic mass is 9.76. The van der Waals surface area contributed by atoms with Crippen LogP contribution < -0.4 is 5.14 Å². The number of aliphatic hydroxyl groups is 1. The molecule has 45 heavy (non-hydrogen) atoms. The number of aliphatic hydroxyl groups excluding tert-OH is 1. The standard InChI is InChI=1S/C28H24F8N2O5S2/c29-19-6-8-20(9-7-19)44(40,41)25-12-13-38(24(39)17-2-1-3-21(15-17)45(37,42)43)23(25)11-4-16-14-18(5-10-22(16)25)26(30,27(31,32)33)28(34,35)36/h1-3,5-10,14-15,23-24,39H,4,11-13H2,(H2,37,42,43)/t23-,24?,25-/m0/s1. The lowest BCUT2D eigenvalue weighted by Crippen LogP contribution is -2.52. The van der Waals surface area contributed by atoms with Crippen molar-refractivity contribution in [3.8, 4) is 0 Å². The van der Waals surface area contributed by atoms with E-state index < -0.39 is 71.2 Å². The number of rotatable bonds is 6. The molecule has 5 rings (SSSR count). The van der Waals surface area contributed by atoms with Gasteiger partial charge in [-0.25, -0.2) is 30.8 Å². The lowest BCUT2D eigenvalue weighted by molar-refractivity contribution is -0.348. The van der Waals surface area contributed by atoms with Crippen LogP contribution >= 0.6 is 0 Å². The topological polar surface area (TPSA) is 118 Å². The van der Waals surface area contributed by atoms with Crippen molar-refractivity contribution in [3.63, 3.8) is 0 Å². The Morgan fingerprint density at radius 2 is 1.49 bits per heavy atom. The van der Waals surface area contributed by atoms with Gasteiger partial charge in [0.1, 0.15) is 16.8 Å². The Kier molecular flexibility index (Phi) is 7.92. The number of nitrogens with two attached hydrogens (primary N) is 1. The molecule has 1 saturated heterocycles. The first-order valence-corrected chi connectivity index (χ1v) is 16.2. The molecule has 3 N–H and O–H groups in total. The number of benzene rings is 3. The van der Waals surface area contributed by atoms with Crippen LogP contribution in [0.15, 0.2) is 76.5 Å². The highest BCUT2D eigenvalue weighted by Gasteiger charge is 2.73. The van der Waals surface area contributed by atoms with Crippen LogP contribution in [0.25, 0.3) is 0 Å². The Morgan fingerprint density at radius 1 is 0.867 bits per heavy atom. The third-order valence-electron chi connectivity index (χ3n) is 8.51. The first kappa shape index (κ1) is 33.2. The summed E-state index contributed by atoms with van der Waals surface area (Å²) in [5.41, 5.74) is -8.00. The van der Waals surface area contributed by atoms with Crippen molar-refractivity contribution >= 4 is 19.9 Å². The summed E-state index contributed by atoms with van der Waals surface area (Å²) in [4.78, 5) is 0.559. The van der Waals surface area contributed by atoms with Crippen molar-refractivity contribution < 1.29 is 57.1 Å². The molecular formula is C28H24F8N2O5S2. The van der Waals surface area contributed by atoms with Gasteiger partial charge in [-0.1, -0.05) is 30.3 Å². The second kappa shape index (κ2) is 10.7. The SMILES string of the molecule is NS(=O)(=O)c1cccc(C(O)N2CC[C@]3(S(=O)(=O)c4ccc(F)cc4)c4ccc(C(F)(C(F)(F)F)C(F)(F)F)cc4CC[C@H]23)c1. The molecule has 0 spiro atoms. The van der Waals surface area contributed by atoms with Crippen molar-refractivity contribution in [3.05, 3.63) is 94.8 Å². The van der Waals surface area contributed by atoms with Crippen molar-refractivity contribution in [1.29, 1.82) is 0 Å². The van der Waals surface area contributed by atoms with Crippen molar-refractivity contribution in [2.24, 2.45) is 5.14 Å². The Morgan fingerprint density at radius 3 is 2.07 bits per heavy atom. The van der Waals surface area contributed by atoms with Crippen LogP contribution in [-0.4, -0.2) is 51.8 Å². The second-order valence-electron chi connectivity index (χ2n) is 10.9. The molecule has 17 heteroatoms. The van der Waals surface area contributed by atoms with E-state index >= 15 is 0 Å². The average Bonchev–Trinajstić information content (AvgIpc) is 3.36. The van der Waals surface area contributed by atoms with Crippen LogP contribution in [-0.2, 0) is 36.7 Å². The fourth-order valence-corrected chi connectivity index (χ4v) is 9.37. The Labute approximate surface area is 252 Å². The van der Waals surface area contributed by atoms with Gasteiger partial charge in [0, 0.05) is 18.2 Å². The highest BCUT2D eigenvalue weighted by atomic mass is 32.2. The number of fused-ring (bicyclic) bond motifs is 3. The molecule has 1 aliphatic heterocycles. The fourth-order valence-electron chi connectivity index (χ4n) is 6.43. The van der Waals surface area contributed by atoms with Gasteiger partial charge in [0.25, 0.3) is 0 Å². The number of primary sulfonamides is 1. The van der Waals surface area contributed by atoms with Gasteiger partial charge < -0.3 is 5.11 Å². The molecule has 7 nitrogen and oxygen atoms in total. The predicted octanol–water partition coefficient (Wildman–Crippen LogP) is 5.14. The molecule has 244 valence electrons. The van der Waals surface area contributed by atoms with E-state index in [0.717, 1.165) is 36.4 Å². The monoisotopic (exact) mass is 684 g/mol.